The summed E-state index contributed by atoms with van der Waals surface area (Å²) in [6, 6.07) is 13.1. The first-order valence-electron chi connectivity index (χ1n) is 7.51. The van der Waals surface area contributed by atoms with E-state index in [1.807, 2.05) is 44.2 Å². The van der Waals surface area contributed by atoms with E-state index in [2.05, 4.69) is 0 Å². The van der Waals surface area contributed by atoms with Gasteiger partial charge in [-0.15, -0.1) is 0 Å². The summed E-state index contributed by atoms with van der Waals surface area (Å²) in [7, 11) is -4.58. The van der Waals surface area contributed by atoms with Crippen LogP contribution in [-0.2, 0) is 24.0 Å². The number of hydrogen-bond donors (Lipinski definition) is 2. The third-order valence-corrected chi connectivity index (χ3v) is 3.94. The van der Waals surface area contributed by atoms with E-state index >= 15 is 0 Å². The van der Waals surface area contributed by atoms with Gasteiger partial charge in [0, 0.05) is 11.1 Å². The lowest BCUT2D eigenvalue weighted by Crippen LogP contribution is -2.03. The van der Waals surface area contributed by atoms with Gasteiger partial charge in [-0.2, -0.15) is 0 Å². The van der Waals surface area contributed by atoms with Crippen LogP contribution in [0.1, 0.15) is 30.5 Å². The zero-order chi connectivity index (χ0) is 16.9. The van der Waals surface area contributed by atoms with Crippen molar-refractivity contribution >= 4 is 7.82 Å². The van der Waals surface area contributed by atoms with Gasteiger partial charge in [-0.1, -0.05) is 44.2 Å². The molecule has 0 spiro atoms. The first-order valence-corrected chi connectivity index (χ1v) is 9.04. The summed E-state index contributed by atoms with van der Waals surface area (Å²) in [6.07, 6.45) is 1.28. The molecule has 6 heteroatoms. The topological polar surface area (TPSA) is 76.0 Å². The van der Waals surface area contributed by atoms with Crippen molar-refractivity contribution in [1.29, 1.82) is 0 Å². The second-order valence-corrected chi connectivity index (χ2v) is 6.25. The predicted octanol–water partition coefficient (Wildman–Crippen LogP) is 3.86. The Bertz CT molecular complexity index is 694. The van der Waals surface area contributed by atoms with Crippen molar-refractivity contribution in [3.63, 3.8) is 0 Å². The molecular weight excluding hydrogens is 315 g/mol. The Hall–Kier alpha value is -1.81. The molecule has 2 rings (SSSR count). The third kappa shape index (κ3) is 4.83. The standard InChI is InChI=1S/C17H21O5P/c1-3-14-15(4-2)17(22-23(18,19)20)11-10-16(14)21-12-13-8-6-5-7-9-13/h5-11H,3-4,12H2,1-2H3,(H2,18,19,20). The van der Waals surface area contributed by atoms with Gasteiger partial charge in [0.05, 0.1) is 0 Å². The first-order chi connectivity index (χ1) is 10.9. The largest absolute Gasteiger partial charge is 0.524 e. The minimum absolute atomic E-state index is 0.213. The second-order valence-electron chi connectivity index (χ2n) is 5.08. The minimum Gasteiger partial charge on any atom is -0.489 e. The van der Waals surface area contributed by atoms with Gasteiger partial charge in [-0.3, -0.25) is 9.79 Å². The molecule has 0 fully saturated rings. The summed E-state index contributed by atoms with van der Waals surface area (Å²) < 4.78 is 21.8. The lowest BCUT2D eigenvalue weighted by atomic mass is 10.0. The van der Waals surface area contributed by atoms with Crippen LogP contribution in [0.2, 0.25) is 0 Å². The van der Waals surface area contributed by atoms with E-state index in [1.54, 1.807) is 12.1 Å². The second kappa shape index (κ2) is 7.64. The normalized spacial score (nSPS) is 11.3. The van der Waals surface area contributed by atoms with Crippen molar-refractivity contribution in [1.82, 2.24) is 0 Å². The van der Waals surface area contributed by atoms with Crippen molar-refractivity contribution < 1.29 is 23.6 Å². The Morgan fingerprint density at radius 1 is 0.913 bits per heavy atom. The third-order valence-electron chi connectivity index (χ3n) is 3.51. The van der Waals surface area contributed by atoms with Crippen LogP contribution in [0.25, 0.3) is 0 Å². The molecule has 0 saturated heterocycles. The monoisotopic (exact) mass is 336 g/mol. The van der Waals surface area contributed by atoms with Crippen LogP contribution in [0, 0.1) is 0 Å². The van der Waals surface area contributed by atoms with Gasteiger partial charge in [0.2, 0.25) is 0 Å². The molecule has 2 aromatic rings. The minimum atomic E-state index is -4.58. The molecule has 0 aliphatic heterocycles. The molecule has 0 amide bonds. The van der Waals surface area contributed by atoms with Crippen molar-refractivity contribution in [3.8, 4) is 11.5 Å². The van der Waals surface area contributed by atoms with Crippen molar-refractivity contribution in [2.75, 3.05) is 0 Å². The van der Waals surface area contributed by atoms with Crippen LogP contribution < -0.4 is 9.26 Å². The summed E-state index contributed by atoms with van der Waals surface area (Å²) in [4.78, 5) is 18.1. The van der Waals surface area contributed by atoms with Gasteiger partial charge in [0.1, 0.15) is 18.1 Å². The molecule has 0 unspecified atom stereocenters. The van der Waals surface area contributed by atoms with Crippen molar-refractivity contribution in [3.05, 3.63) is 59.2 Å². The molecule has 0 saturated carbocycles. The fourth-order valence-electron chi connectivity index (χ4n) is 2.51. The summed E-state index contributed by atoms with van der Waals surface area (Å²) >= 11 is 0. The Kier molecular flexibility index (Phi) is 5.83. The fourth-order valence-corrected chi connectivity index (χ4v) is 2.94. The van der Waals surface area contributed by atoms with E-state index < -0.39 is 7.82 Å². The molecule has 0 aliphatic rings. The highest BCUT2D eigenvalue weighted by atomic mass is 31.2. The lowest BCUT2D eigenvalue weighted by molar-refractivity contribution is 0.280. The van der Waals surface area contributed by atoms with Crippen LogP contribution in [0.15, 0.2) is 42.5 Å². The van der Waals surface area contributed by atoms with Crippen LogP contribution in [0.5, 0.6) is 11.5 Å². The molecule has 0 radical (unpaired) electrons. The smallest absolute Gasteiger partial charge is 0.489 e. The van der Waals surface area contributed by atoms with E-state index in [0.29, 0.717) is 25.2 Å². The number of phosphoric acid groups is 1. The number of benzene rings is 2. The number of phosphoric ester groups is 1. The van der Waals surface area contributed by atoms with Crippen LogP contribution in [-0.4, -0.2) is 9.79 Å². The Morgan fingerprint density at radius 2 is 1.48 bits per heavy atom. The highest BCUT2D eigenvalue weighted by molar-refractivity contribution is 7.46. The van der Waals surface area contributed by atoms with E-state index in [1.165, 1.54) is 0 Å². The summed E-state index contributed by atoms with van der Waals surface area (Å²) in [5, 5.41) is 0. The van der Waals surface area contributed by atoms with Crippen LogP contribution in [0.4, 0.5) is 0 Å². The van der Waals surface area contributed by atoms with E-state index in [9.17, 15) is 4.57 Å². The Labute approximate surface area is 136 Å². The van der Waals surface area contributed by atoms with E-state index in [4.69, 9.17) is 19.0 Å². The molecule has 0 heterocycles. The first kappa shape index (κ1) is 17.5. The van der Waals surface area contributed by atoms with E-state index in [0.717, 1.165) is 16.7 Å². The highest BCUT2D eigenvalue weighted by Gasteiger charge is 2.21. The molecule has 0 aliphatic carbocycles. The SMILES string of the molecule is CCc1c(OCc2ccccc2)ccc(OP(=O)(O)O)c1CC. The Balaban J connectivity index is 2.28. The van der Waals surface area contributed by atoms with Gasteiger partial charge >= 0.3 is 7.82 Å². The predicted molar refractivity (Wildman–Crippen MR) is 88.6 cm³/mol. The average Bonchev–Trinajstić information content (AvgIpc) is 2.52. The van der Waals surface area contributed by atoms with Gasteiger partial charge in [0.15, 0.2) is 0 Å². The van der Waals surface area contributed by atoms with Crippen molar-refractivity contribution in [2.45, 2.75) is 33.3 Å². The maximum Gasteiger partial charge on any atom is 0.524 e. The van der Waals surface area contributed by atoms with Crippen LogP contribution >= 0.6 is 7.82 Å². The number of ether oxygens (including phenoxy) is 1. The summed E-state index contributed by atoms with van der Waals surface area (Å²) in [5.41, 5.74) is 2.74. The quantitative estimate of drug-likeness (QED) is 0.751. The average molecular weight is 336 g/mol. The molecule has 0 aromatic heterocycles. The molecule has 0 atom stereocenters. The molecular formula is C17H21O5P. The van der Waals surface area contributed by atoms with E-state index in [-0.39, 0.29) is 5.75 Å². The van der Waals surface area contributed by atoms with Crippen molar-refractivity contribution in [2.24, 2.45) is 0 Å². The fraction of sp³-hybridized carbons (Fsp3) is 0.294. The molecule has 2 N–H and O–H groups in total. The molecule has 124 valence electrons. The number of rotatable bonds is 7. The van der Waals surface area contributed by atoms with Gasteiger partial charge in [-0.25, -0.2) is 4.57 Å². The van der Waals surface area contributed by atoms with Crippen LogP contribution in [0.3, 0.4) is 0 Å². The maximum atomic E-state index is 11.1. The Morgan fingerprint density at radius 3 is 2.04 bits per heavy atom. The maximum absolute atomic E-state index is 11.1. The zero-order valence-corrected chi connectivity index (χ0v) is 14.1. The molecule has 23 heavy (non-hydrogen) atoms. The lowest BCUT2D eigenvalue weighted by Gasteiger charge is -2.18. The molecule has 0 bridgehead atoms. The summed E-state index contributed by atoms with van der Waals surface area (Å²) in [5.74, 6) is 0.927. The highest BCUT2D eigenvalue weighted by Crippen LogP contribution is 2.42. The zero-order valence-electron chi connectivity index (χ0n) is 13.2. The number of hydrogen-bond acceptors (Lipinski definition) is 3. The molecule has 5 nitrogen and oxygen atoms in total. The summed E-state index contributed by atoms with van der Waals surface area (Å²) in [6.45, 7) is 4.34. The van der Waals surface area contributed by atoms with Gasteiger partial charge < -0.3 is 9.26 Å². The van der Waals surface area contributed by atoms with Gasteiger partial charge in [0.25, 0.3) is 0 Å². The van der Waals surface area contributed by atoms with Gasteiger partial charge in [-0.05, 0) is 30.5 Å². The molecule has 2 aromatic carbocycles.